The van der Waals surface area contributed by atoms with Gasteiger partial charge < -0.3 is 16.4 Å². The summed E-state index contributed by atoms with van der Waals surface area (Å²) < 4.78 is 0. The van der Waals surface area contributed by atoms with Gasteiger partial charge in [-0.05, 0) is 0 Å². The first kappa shape index (κ1) is 8.51. The molecule has 0 spiro atoms. The fraction of sp³-hybridized carbons (Fsp3) is 0.500. The van der Waals surface area contributed by atoms with Crippen LogP contribution in [0.2, 0.25) is 0 Å². The Morgan fingerprint density at radius 3 is 2.33 bits per heavy atom. The van der Waals surface area contributed by atoms with Crippen molar-refractivity contribution in [1.82, 2.24) is 4.90 Å². The summed E-state index contributed by atoms with van der Waals surface area (Å²) in [4.78, 5) is 33.1. The average molecular weight is 171 g/mol. The third-order valence-corrected chi connectivity index (χ3v) is 1.76. The predicted molar refractivity (Wildman–Crippen MR) is 38.9 cm³/mol. The topological polar surface area (TPSA) is 106 Å². The Bertz CT molecular complexity index is 226. The quantitative estimate of drug-likeness (QED) is 0.485. The van der Waals surface area contributed by atoms with E-state index in [4.69, 9.17) is 11.5 Å². The number of nitrogens with zero attached hydrogens (tertiary/aromatic N) is 1. The number of primary amides is 2. The molecule has 1 aliphatic heterocycles. The molecular weight excluding hydrogens is 162 g/mol. The molecule has 0 saturated carbocycles. The Kier molecular flexibility index (Phi) is 1.99. The number of hydrogen-bond donors (Lipinski definition) is 2. The molecule has 6 heteroatoms. The van der Waals surface area contributed by atoms with Crippen LogP contribution in [0.3, 0.4) is 0 Å². The molecule has 66 valence electrons. The summed E-state index contributed by atoms with van der Waals surface area (Å²) >= 11 is 0. The highest BCUT2D eigenvalue weighted by atomic mass is 16.2. The monoisotopic (exact) mass is 171 g/mol. The van der Waals surface area contributed by atoms with Gasteiger partial charge in [-0.2, -0.15) is 0 Å². The summed E-state index contributed by atoms with van der Waals surface area (Å²) in [5.41, 5.74) is 9.86. The van der Waals surface area contributed by atoms with Gasteiger partial charge in [-0.25, -0.2) is 4.79 Å². The highest BCUT2D eigenvalue weighted by Gasteiger charge is 2.36. The number of ketones is 1. The largest absolute Gasteiger partial charge is 0.368 e. The molecule has 1 rings (SSSR count). The summed E-state index contributed by atoms with van der Waals surface area (Å²) in [5, 5.41) is 0. The summed E-state index contributed by atoms with van der Waals surface area (Å²) in [7, 11) is 0. The Morgan fingerprint density at radius 1 is 1.42 bits per heavy atom. The van der Waals surface area contributed by atoms with Crippen LogP contribution in [0.25, 0.3) is 0 Å². The predicted octanol–water partition coefficient (Wildman–Crippen LogP) is -1.81. The fourth-order valence-electron chi connectivity index (χ4n) is 1.18. The van der Waals surface area contributed by atoms with Crippen LogP contribution < -0.4 is 11.5 Å². The Labute approximate surface area is 68.5 Å². The molecule has 6 nitrogen and oxygen atoms in total. The van der Waals surface area contributed by atoms with Gasteiger partial charge in [-0.15, -0.1) is 0 Å². The molecule has 4 N–H and O–H groups in total. The maximum Gasteiger partial charge on any atom is 0.315 e. The van der Waals surface area contributed by atoms with E-state index in [2.05, 4.69) is 0 Å². The van der Waals surface area contributed by atoms with Crippen molar-refractivity contribution >= 4 is 17.7 Å². The molecular formula is C6H9N3O3. The van der Waals surface area contributed by atoms with Gasteiger partial charge in [-0.3, -0.25) is 9.59 Å². The zero-order chi connectivity index (χ0) is 9.30. The number of carbonyl (C=O) groups is 3. The summed E-state index contributed by atoms with van der Waals surface area (Å²) in [6.07, 6.45) is -0.0156. The number of carbonyl (C=O) groups excluding carboxylic acids is 3. The van der Waals surface area contributed by atoms with E-state index in [1.807, 2.05) is 0 Å². The standard InChI is InChI=1S/C6H9N3O3/c7-5(11)4-1-3(10)2-9(4)6(8)12/h4H,1-2H2,(H2,7,11)(H2,8,12)/t4-/m1/s1. The SMILES string of the molecule is NC(=O)[C@H]1CC(=O)CN1C(N)=O. The normalized spacial score (nSPS) is 22.8. The molecule has 0 bridgehead atoms. The van der Waals surface area contributed by atoms with Crippen molar-refractivity contribution in [2.75, 3.05) is 6.54 Å². The average Bonchev–Trinajstić information content (AvgIpc) is 2.31. The molecule has 0 aromatic carbocycles. The van der Waals surface area contributed by atoms with Crippen LogP contribution in [0, 0.1) is 0 Å². The molecule has 1 atom stereocenters. The zero-order valence-corrected chi connectivity index (χ0v) is 6.32. The smallest absolute Gasteiger partial charge is 0.315 e. The van der Waals surface area contributed by atoms with Crippen molar-refractivity contribution < 1.29 is 14.4 Å². The number of amides is 3. The van der Waals surface area contributed by atoms with Gasteiger partial charge in [0.05, 0.1) is 6.54 Å². The number of likely N-dealkylation sites (tertiary alicyclic amines) is 1. The molecule has 12 heavy (non-hydrogen) atoms. The molecule has 0 aromatic heterocycles. The minimum Gasteiger partial charge on any atom is -0.368 e. The third kappa shape index (κ3) is 1.36. The second-order valence-electron chi connectivity index (χ2n) is 2.63. The van der Waals surface area contributed by atoms with E-state index in [1.54, 1.807) is 0 Å². The molecule has 0 unspecified atom stereocenters. The molecule has 1 saturated heterocycles. The molecule has 1 aliphatic rings. The molecule has 1 heterocycles. The Morgan fingerprint density at radius 2 is 2.00 bits per heavy atom. The van der Waals surface area contributed by atoms with Crippen molar-refractivity contribution in [1.29, 1.82) is 0 Å². The Balaban J connectivity index is 2.79. The lowest BCUT2D eigenvalue weighted by Gasteiger charge is -2.17. The lowest BCUT2D eigenvalue weighted by Crippen LogP contribution is -2.46. The van der Waals surface area contributed by atoms with Crippen LogP contribution in [0.5, 0.6) is 0 Å². The Hall–Kier alpha value is -1.59. The van der Waals surface area contributed by atoms with E-state index in [-0.39, 0.29) is 18.7 Å². The molecule has 0 radical (unpaired) electrons. The van der Waals surface area contributed by atoms with Gasteiger partial charge in [0, 0.05) is 6.42 Å². The third-order valence-electron chi connectivity index (χ3n) is 1.76. The lowest BCUT2D eigenvalue weighted by atomic mass is 10.2. The van der Waals surface area contributed by atoms with Crippen molar-refractivity contribution in [2.45, 2.75) is 12.5 Å². The number of Topliss-reactive ketones (excluding diaryl/α,β-unsaturated/α-hetero) is 1. The maximum absolute atomic E-state index is 10.8. The van der Waals surface area contributed by atoms with Gasteiger partial charge in [0.1, 0.15) is 6.04 Å². The second kappa shape index (κ2) is 2.80. The van der Waals surface area contributed by atoms with Crippen molar-refractivity contribution in [3.8, 4) is 0 Å². The van der Waals surface area contributed by atoms with Gasteiger partial charge in [0.25, 0.3) is 0 Å². The minimum absolute atomic E-state index is 0.0156. The zero-order valence-electron chi connectivity index (χ0n) is 6.32. The van der Waals surface area contributed by atoms with E-state index >= 15 is 0 Å². The van der Waals surface area contributed by atoms with Crippen LogP contribution in [-0.2, 0) is 9.59 Å². The molecule has 1 fully saturated rings. The summed E-state index contributed by atoms with van der Waals surface area (Å²) in [5.74, 6) is -0.891. The van der Waals surface area contributed by atoms with Crippen LogP contribution >= 0.6 is 0 Å². The first-order valence-electron chi connectivity index (χ1n) is 3.39. The highest BCUT2D eigenvalue weighted by molar-refractivity contribution is 5.97. The lowest BCUT2D eigenvalue weighted by molar-refractivity contribution is -0.122. The van der Waals surface area contributed by atoms with Gasteiger partial charge >= 0.3 is 6.03 Å². The van der Waals surface area contributed by atoms with Crippen molar-refractivity contribution in [3.63, 3.8) is 0 Å². The van der Waals surface area contributed by atoms with Crippen molar-refractivity contribution in [2.24, 2.45) is 11.5 Å². The van der Waals surface area contributed by atoms with E-state index in [9.17, 15) is 14.4 Å². The molecule has 0 aliphatic carbocycles. The number of nitrogens with two attached hydrogens (primary N) is 2. The fourth-order valence-corrected chi connectivity index (χ4v) is 1.18. The number of rotatable bonds is 1. The number of hydrogen-bond acceptors (Lipinski definition) is 3. The van der Waals surface area contributed by atoms with Crippen LogP contribution in [0.4, 0.5) is 4.79 Å². The number of urea groups is 1. The summed E-state index contributed by atoms with van der Waals surface area (Å²) in [6.45, 7) is -0.108. The first-order valence-corrected chi connectivity index (χ1v) is 3.39. The van der Waals surface area contributed by atoms with E-state index in [0.29, 0.717) is 0 Å². The van der Waals surface area contributed by atoms with Crippen LogP contribution in [0.15, 0.2) is 0 Å². The molecule has 0 aromatic rings. The van der Waals surface area contributed by atoms with E-state index in [1.165, 1.54) is 0 Å². The highest BCUT2D eigenvalue weighted by Crippen LogP contribution is 2.12. The first-order chi connectivity index (χ1) is 5.52. The van der Waals surface area contributed by atoms with Gasteiger partial charge in [-0.1, -0.05) is 0 Å². The molecule has 3 amide bonds. The maximum atomic E-state index is 10.8. The second-order valence-corrected chi connectivity index (χ2v) is 2.63. The van der Waals surface area contributed by atoms with Gasteiger partial charge in [0.15, 0.2) is 5.78 Å². The van der Waals surface area contributed by atoms with E-state index in [0.717, 1.165) is 4.90 Å². The van der Waals surface area contributed by atoms with Crippen LogP contribution in [-0.4, -0.2) is 35.2 Å². The minimum atomic E-state index is -0.852. The van der Waals surface area contributed by atoms with E-state index < -0.39 is 18.0 Å². The van der Waals surface area contributed by atoms with Crippen molar-refractivity contribution in [3.05, 3.63) is 0 Å². The van der Waals surface area contributed by atoms with Gasteiger partial charge in [0.2, 0.25) is 5.91 Å². The summed E-state index contributed by atoms with van der Waals surface area (Å²) in [6, 6.07) is -1.64. The van der Waals surface area contributed by atoms with Crippen LogP contribution in [0.1, 0.15) is 6.42 Å².